The molecule has 0 atom stereocenters. The van der Waals surface area contributed by atoms with Crippen molar-refractivity contribution in [3.05, 3.63) is 65.9 Å². The molecule has 0 bridgehead atoms. The van der Waals surface area contributed by atoms with E-state index < -0.39 is 11.9 Å². The van der Waals surface area contributed by atoms with E-state index >= 15 is 0 Å². The number of para-hydroxylation sites is 3. The Morgan fingerprint density at radius 3 is 2.25 bits per heavy atom. The van der Waals surface area contributed by atoms with Crippen LogP contribution in [0.1, 0.15) is 10.4 Å². The van der Waals surface area contributed by atoms with Crippen molar-refractivity contribution >= 4 is 34.9 Å². The fourth-order valence-electron chi connectivity index (χ4n) is 3.22. The first kappa shape index (κ1) is 22.8. The molecular formula is C23H25N3O6. The highest BCUT2D eigenvalue weighted by atomic mass is 16.5. The van der Waals surface area contributed by atoms with Gasteiger partial charge in [-0.2, -0.15) is 0 Å². The number of esters is 2. The van der Waals surface area contributed by atoms with Crippen molar-refractivity contribution in [1.82, 2.24) is 0 Å². The minimum absolute atomic E-state index is 0.159. The van der Waals surface area contributed by atoms with Gasteiger partial charge in [0.05, 0.1) is 56.1 Å². The second-order valence-electron chi connectivity index (χ2n) is 6.81. The molecule has 3 rings (SSSR count). The molecule has 0 aromatic heterocycles. The lowest BCUT2D eigenvalue weighted by Gasteiger charge is -2.30. The number of nitrogens with zero attached hydrogens (tertiary/aromatic N) is 1. The molecule has 2 aromatic carbocycles. The van der Waals surface area contributed by atoms with Crippen molar-refractivity contribution < 1.29 is 28.6 Å². The molecule has 9 heteroatoms. The van der Waals surface area contributed by atoms with Crippen molar-refractivity contribution in [2.45, 2.75) is 0 Å². The maximum Gasteiger partial charge on any atom is 0.354 e. The van der Waals surface area contributed by atoms with Crippen LogP contribution in [0.5, 0.6) is 0 Å². The average molecular weight is 439 g/mol. The molecule has 168 valence electrons. The summed E-state index contributed by atoms with van der Waals surface area (Å²) in [6, 6.07) is 14.2. The van der Waals surface area contributed by atoms with Crippen molar-refractivity contribution in [1.29, 1.82) is 0 Å². The van der Waals surface area contributed by atoms with Crippen LogP contribution in [0, 0.1) is 0 Å². The normalized spacial score (nSPS) is 13.8. The number of rotatable bonds is 7. The topological polar surface area (TPSA) is 106 Å². The van der Waals surface area contributed by atoms with Crippen LogP contribution in [0.3, 0.4) is 0 Å². The van der Waals surface area contributed by atoms with Gasteiger partial charge in [0.15, 0.2) is 0 Å². The highest BCUT2D eigenvalue weighted by Gasteiger charge is 2.19. The molecule has 2 aromatic rings. The van der Waals surface area contributed by atoms with Gasteiger partial charge in [-0.25, -0.2) is 9.59 Å². The quantitative estimate of drug-likeness (QED) is 0.501. The number of carbonyl (C=O) groups excluding carboxylic acids is 3. The first-order valence-electron chi connectivity index (χ1n) is 10.0. The van der Waals surface area contributed by atoms with E-state index in [0.717, 1.165) is 24.9 Å². The number of anilines is 3. The van der Waals surface area contributed by atoms with E-state index in [1.54, 1.807) is 24.3 Å². The van der Waals surface area contributed by atoms with Crippen LogP contribution in [0.4, 0.5) is 17.1 Å². The van der Waals surface area contributed by atoms with E-state index in [4.69, 9.17) is 9.47 Å². The third-order valence-electron chi connectivity index (χ3n) is 4.81. The highest BCUT2D eigenvalue weighted by Crippen LogP contribution is 2.28. The second-order valence-corrected chi connectivity index (χ2v) is 6.81. The molecule has 2 N–H and O–H groups in total. The summed E-state index contributed by atoms with van der Waals surface area (Å²) >= 11 is 0. The molecule has 0 aliphatic carbocycles. The number of hydrogen-bond acceptors (Lipinski definition) is 8. The molecule has 0 unspecified atom stereocenters. The molecular weight excluding hydrogens is 414 g/mol. The summed E-state index contributed by atoms with van der Waals surface area (Å²) in [6.07, 6.45) is 0.967. The first-order chi connectivity index (χ1) is 15.5. The number of morpholine rings is 1. The van der Waals surface area contributed by atoms with Crippen molar-refractivity contribution in [3.8, 4) is 0 Å². The predicted molar refractivity (Wildman–Crippen MR) is 120 cm³/mol. The summed E-state index contributed by atoms with van der Waals surface area (Å²) < 4.78 is 14.7. The molecule has 0 radical (unpaired) electrons. The van der Waals surface area contributed by atoms with Gasteiger partial charge in [0.1, 0.15) is 5.70 Å². The molecule has 1 heterocycles. The molecule has 1 amide bonds. The first-order valence-corrected chi connectivity index (χ1v) is 10.0. The summed E-state index contributed by atoms with van der Waals surface area (Å²) in [4.78, 5) is 39.0. The van der Waals surface area contributed by atoms with Gasteiger partial charge in [-0.05, 0) is 24.3 Å². The summed E-state index contributed by atoms with van der Waals surface area (Å²) in [5.74, 6) is -1.89. The number of carbonyl (C=O) groups is 3. The third-order valence-corrected chi connectivity index (χ3v) is 4.81. The van der Waals surface area contributed by atoms with Gasteiger partial charge in [0, 0.05) is 13.1 Å². The predicted octanol–water partition coefficient (Wildman–Crippen LogP) is 2.42. The van der Waals surface area contributed by atoms with Gasteiger partial charge in [-0.15, -0.1) is 0 Å². The number of amides is 1. The van der Waals surface area contributed by atoms with E-state index in [0.29, 0.717) is 24.6 Å². The number of benzene rings is 2. The molecule has 0 saturated carbocycles. The minimum atomic E-state index is -0.775. The average Bonchev–Trinajstić information content (AvgIpc) is 2.84. The molecule has 0 spiro atoms. The molecule has 1 fully saturated rings. The second kappa shape index (κ2) is 11.0. The smallest absolute Gasteiger partial charge is 0.354 e. The lowest BCUT2D eigenvalue weighted by Crippen LogP contribution is -2.36. The van der Waals surface area contributed by atoms with Gasteiger partial charge in [-0.3, -0.25) is 4.79 Å². The summed E-state index contributed by atoms with van der Waals surface area (Å²) in [7, 11) is 2.39. The summed E-state index contributed by atoms with van der Waals surface area (Å²) in [5, 5.41) is 5.75. The van der Waals surface area contributed by atoms with Gasteiger partial charge in [0.2, 0.25) is 0 Å². The maximum absolute atomic E-state index is 13.1. The number of ether oxygens (including phenoxy) is 3. The molecule has 1 saturated heterocycles. The largest absolute Gasteiger partial charge is 0.466 e. The zero-order chi connectivity index (χ0) is 22.9. The van der Waals surface area contributed by atoms with E-state index in [1.165, 1.54) is 14.2 Å². The number of hydrogen-bond donors (Lipinski definition) is 2. The fourth-order valence-corrected chi connectivity index (χ4v) is 3.22. The Morgan fingerprint density at radius 2 is 1.56 bits per heavy atom. The van der Waals surface area contributed by atoms with Gasteiger partial charge >= 0.3 is 11.9 Å². The van der Waals surface area contributed by atoms with Crippen molar-refractivity contribution in [2.75, 3.05) is 56.1 Å². The molecule has 1 aliphatic rings. The Labute approximate surface area is 185 Å². The number of nitrogens with one attached hydrogen (secondary N) is 2. The Balaban J connectivity index is 1.86. The fraction of sp³-hybridized carbons (Fsp3) is 0.261. The van der Waals surface area contributed by atoms with Crippen LogP contribution in [-0.2, 0) is 23.8 Å². The minimum Gasteiger partial charge on any atom is -0.466 e. The molecule has 1 aliphatic heterocycles. The van der Waals surface area contributed by atoms with E-state index in [1.807, 2.05) is 24.3 Å². The summed E-state index contributed by atoms with van der Waals surface area (Å²) in [5.41, 5.74) is 2.01. The Hall–Kier alpha value is -3.85. The Kier molecular flexibility index (Phi) is 7.82. The van der Waals surface area contributed by atoms with Crippen LogP contribution < -0.4 is 15.5 Å². The summed E-state index contributed by atoms with van der Waals surface area (Å²) in [6.45, 7) is 2.70. The highest BCUT2D eigenvalue weighted by molar-refractivity contribution is 6.10. The van der Waals surface area contributed by atoms with Gasteiger partial charge < -0.3 is 29.7 Å². The SMILES string of the molecule is COC(=O)/C=C(/Nc1ccccc1C(=O)Nc1ccccc1N1CCOCC1)C(=O)OC. The Morgan fingerprint density at radius 1 is 0.906 bits per heavy atom. The lowest BCUT2D eigenvalue weighted by molar-refractivity contribution is -0.138. The zero-order valence-corrected chi connectivity index (χ0v) is 17.9. The van der Waals surface area contributed by atoms with Crippen LogP contribution in [0.2, 0.25) is 0 Å². The van der Waals surface area contributed by atoms with Crippen LogP contribution in [0.25, 0.3) is 0 Å². The van der Waals surface area contributed by atoms with E-state index in [2.05, 4.69) is 20.3 Å². The molecule has 32 heavy (non-hydrogen) atoms. The van der Waals surface area contributed by atoms with Gasteiger partial charge in [-0.1, -0.05) is 24.3 Å². The van der Waals surface area contributed by atoms with E-state index in [-0.39, 0.29) is 17.2 Å². The number of methoxy groups -OCH3 is 2. The van der Waals surface area contributed by atoms with Crippen LogP contribution in [-0.4, -0.2) is 58.4 Å². The third kappa shape index (κ3) is 5.64. The van der Waals surface area contributed by atoms with Crippen molar-refractivity contribution in [2.24, 2.45) is 0 Å². The Bertz CT molecular complexity index is 1010. The standard InChI is InChI=1S/C23H25N3O6/c1-30-21(27)15-19(23(29)31-2)24-17-8-4-3-7-16(17)22(28)25-18-9-5-6-10-20(18)26-11-13-32-14-12-26/h3-10,15,24H,11-14H2,1-2H3,(H,25,28)/b19-15+. The molecule has 9 nitrogen and oxygen atoms in total. The van der Waals surface area contributed by atoms with Crippen LogP contribution >= 0.6 is 0 Å². The van der Waals surface area contributed by atoms with Crippen molar-refractivity contribution in [3.63, 3.8) is 0 Å². The van der Waals surface area contributed by atoms with E-state index in [9.17, 15) is 14.4 Å². The van der Waals surface area contributed by atoms with Crippen LogP contribution in [0.15, 0.2) is 60.3 Å². The monoisotopic (exact) mass is 439 g/mol. The maximum atomic E-state index is 13.1. The van der Waals surface area contributed by atoms with Gasteiger partial charge in [0.25, 0.3) is 5.91 Å². The lowest BCUT2D eigenvalue weighted by atomic mass is 10.1. The zero-order valence-electron chi connectivity index (χ0n) is 17.9.